The monoisotopic (exact) mass is 1130 g/mol. The van der Waals surface area contributed by atoms with Gasteiger partial charge in [-0.25, -0.2) is 9.07 Å². The second kappa shape index (κ2) is 23.9. The Hall–Kier alpha value is -7.89. The van der Waals surface area contributed by atoms with Gasteiger partial charge in [0.15, 0.2) is 0 Å². The minimum absolute atomic E-state index is 0.0110. The predicted molar refractivity (Wildman–Crippen MR) is 301 cm³/mol. The van der Waals surface area contributed by atoms with E-state index in [1.165, 1.54) is 37.2 Å². The SMILES string of the molecule is CN/C(=C(C)\C=C/N)c1ccc([C@H](CO)NC(=O)[C@@H]2CCCN2C(=O)[C@H](C(C)C)n2cc(-c3ccc(COC4=C5N=C(OC[C@H](C)OC)N=C(N6C[C@@H]7C[C@H]6CN7)C5CC(C(F)(F)F)=C4c4c(C)c(F)cc5[nH]ncc45)cc3)nn2)cc1. The summed E-state index contributed by atoms with van der Waals surface area (Å²) in [6.45, 7) is 9.96. The van der Waals surface area contributed by atoms with Crippen molar-refractivity contribution in [1.29, 1.82) is 0 Å². The zero-order valence-electron chi connectivity index (χ0n) is 46.9. The highest BCUT2D eigenvalue weighted by atomic mass is 19.4. The molecular weight excluding hydrogens is 1060 g/mol. The van der Waals surface area contributed by atoms with Crippen molar-refractivity contribution in [3.8, 4) is 11.3 Å². The van der Waals surface area contributed by atoms with Crippen molar-refractivity contribution in [3.63, 3.8) is 0 Å². The molecule has 3 aromatic carbocycles. The van der Waals surface area contributed by atoms with Crippen LogP contribution in [0.3, 0.4) is 0 Å². The summed E-state index contributed by atoms with van der Waals surface area (Å²) < 4.78 is 83.4. The molecule has 0 spiro atoms. The number of rotatable bonds is 18. The number of benzene rings is 3. The molecule has 23 heteroatoms. The molecule has 2 amide bonds. The lowest BCUT2D eigenvalue weighted by Crippen LogP contribution is -2.50. The van der Waals surface area contributed by atoms with Gasteiger partial charge in [0.1, 0.15) is 48.4 Å². The number of nitrogens with zero attached hydrogens (tertiary/aromatic N) is 8. The number of ether oxygens (including phenoxy) is 3. The number of aromatic nitrogens is 5. The number of nitrogens with two attached hydrogens (primary N) is 1. The number of H-pyrrole nitrogens is 1. The van der Waals surface area contributed by atoms with Crippen LogP contribution in [-0.4, -0.2) is 141 Å². The average Bonchev–Trinajstić information content (AvgIpc) is 2.04. The zero-order chi connectivity index (χ0) is 58.1. The summed E-state index contributed by atoms with van der Waals surface area (Å²) in [7, 11) is 3.36. The summed E-state index contributed by atoms with van der Waals surface area (Å²) in [6.07, 6.45) is 2.36. The maximum absolute atomic E-state index is 15.9. The van der Waals surface area contributed by atoms with Gasteiger partial charge in [-0.15, -0.1) is 5.10 Å². The summed E-state index contributed by atoms with van der Waals surface area (Å²) in [5.41, 5.74) is 9.75. The van der Waals surface area contributed by atoms with Gasteiger partial charge in [-0.3, -0.25) is 14.7 Å². The molecule has 82 heavy (non-hydrogen) atoms. The molecule has 0 radical (unpaired) electrons. The molecule has 19 nitrogen and oxygen atoms in total. The Labute approximate surface area is 472 Å². The van der Waals surface area contributed by atoms with Crippen LogP contribution in [0, 0.1) is 24.6 Å². The van der Waals surface area contributed by atoms with E-state index in [0.717, 1.165) is 23.3 Å². The average molecular weight is 1130 g/mol. The van der Waals surface area contributed by atoms with Gasteiger partial charge in [0, 0.05) is 79.2 Å². The topological polar surface area (TPSA) is 235 Å². The first-order chi connectivity index (χ1) is 39.4. The molecule has 5 aliphatic rings. The van der Waals surface area contributed by atoms with Crippen molar-refractivity contribution in [3.05, 3.63) is 136 Å². The fourth-order valence-electron chi connectivity index (χ4n) is 11.9. The van der Waals surface area contributed by atoms with Crippen molar-refractivity contribution in [2.24, 2.45) is 27.6 Å². The number of hydrogen-bond donors (Lipinski definition) is 6. The van der Waals surface area contributed by atoms with Gasteiger partial charge in [-0.1, -0.05) is 67.6 Å². The number of allylic oxidation sites excluding steroid dienone is 4. The molecule has 6 heterocycles. The van der Waals surface area contributed by atoms with Crippen molar-refractivity contribution >= 4 is 45.8 Å². The number of likely N-dealkylation sites (tertiary alicyclic amines) is 2. The van der Waals surface area contributed by atoms with Gasteiger partial charge in [0.2, 0.25) is 11.8 Å². The third kappa shape index (κ3) is 11.4. The number of amidine groups is 2. The van der Waals surface area contributed by atoms with E-state index in [4.69, 9.17) is 29.9 Å². The van der Waals surface area contributed by atoms with E-state index < -0.39 is 48.0 Å². The highest BCUT2D eigenvalue weighted by Crippen LogP contribution is 2.51. The first-order valence-corrected chi connectivity index (χ1v) is 27.6. The maximum atomic E-state index is 15.9. The van der Waals surface area contributed by atoms with Crippen molar-refractivity contribution < 1.29 is 46.5 Å². The number of aliphatic hydroxyl groups is 1. The van der Waals surface area contributed by atoms with Crippen LogP contribution in [0.5, 0.6) is 0 Å². The number of carbonyl (C=O) groups is 2. The molecule has 3 fully saturated rings. The van der Waals surface area contributed by atoms with Crippen molar-refractivity contribution in [1.82, 2.24) is 50.9 Å². The highest BCUT2D eigenvalue weighted by molar-refractivity contribution is 6.04. The first-order valence-electron chi connectivity index (χ1n) is 27.6. The molecule has 2 aromatic heterocycles. The number of piperazine rings is 1. The summed E-state index contributed by atoms with van der Waals surface area (Å²) >= 11 is 0. The Balaban J connectivity index is 0.910. The third-order valence-corrected chi connectivity index (χ3v) is 16.2. The number of fused-ring (bicyclic) bond motifs is 4. The molecular formula is C59H69F4N13O6. The van der Waals surface area contributed by atoms with E-state index in [2.05, 4.69) is 41.4 Å². The Bertz CT molecular complexity index is 3400. The molecule has 434 valence electrons. The molecule has 5 aromatic rings. The maximum Gasteiger partial charge on any atom is 0.413 e. The normalized spacial score (nSPS) is 21.5. The molecule has 4 aliphatic heterocycles. The predicted octanol–water partition coefficient (Wildman–Crippen LogP) is 7.36. The van der Waals surface area contributed by atoms with Crippen LogP contribution >= 0.6 is 0 Å². The van der Waals surface area contributed by atoms with Crippen LogP contribution in [0.25, 0.3) is 33.4 Å². The van der Waals surface area contributed by atoms with Gasteiger partial charge in [0.25, 0.3) is 0 Å². The van der Waals surface area contributed by atoms with Crippen molar-refractivity contribution in [2.75, 3.05) is 47.0 Å². The number of amides is 2. The van der Waals surface area contributed by atoms with E-state index in [0.29, 0.717) is 60.7 Å². The number of hydrogen-bond acceptors (Lipinski definition) is 15. The zero-order valence-corrected chi connectivity index (χ0v) is 46.9. The summed E-state index contributed by atoms with van der Waals surface area (Å²) in [5, 5.41) is 36.1. The number of methoxy groups -OCH3 is 1. The van der Waals surface area contributed by atoms with E-state index in [1.807, 2.05) is 59.0 Å². The minimum Gasteiger partial charge on any atom is -0.486 e. The Kier molecular flexibility index (Phi) is 16.7. The molecule has 0 saturated carbocycles. The van der Waals surface area contributed by atoms with Gasteiger partial charge < -0.3 is 50.8 Å². The number of aliphatic imine (C=N–C) groups is 2. The smallest absolute Gasteiger partial charge is 0.413 e. The molecule has 3 saturated heterocycles. The standard InChI is InChI=1S/C59H69F4N13O6/c1-31(2)53(57(79)74-20-8-9-48(74)56(78)68-47(28-77)37-14-16-38(17-15-37)51(65-6)32(3)18-19-64)76-27-46(72-73-76)36-12-10-35(11-13-36)30-81-54-50(49-34(5)44(60)23-45-42(49)25-67-71-45)43(59(61,62)63)22-41-52(54)69-58(82-29-33(4)80-7)70-55(41)75-26-39-21-40(75)24-66-39/h10-19,23,25,27,31,33,39-41,47-48,53,65-66,77H,8-9,20-22,24,26,28-30,64H2,1-7H3,(H,67,71)(H,68,78)/b19-18-,51-32-/t33-,39-,40-,41?,47-,48-,53-/m0/s1. The number of carbonyl (C=O) groups excluding carboxylic acids is 2. The fourth-order valence-corrected chi connectivity index (χ4v) is 11.9. The summed E-state index contributed by atoms with van der Waals surface area (Å²) in [4.78, 5) is 41.9. The third-order valence-electron chi connectivity index (χ3n) is 16.2. The van der Waals surface area contributed by atoms with Crippen LogP contribution in [-0.2, 0) is 30.4 Å². The van der Waals surface area contributed by atoms with E-state index in [9.17, 15) is 14.7 Å². The molecule has 10 rings (SSSR count). The Morgan fingerprint density at radius 1 is 1.06 bits per heavy atom. The fraction of sp³-hybridized carbons (Fsp3) is 0.441. The molecule has 2 bridgehead atoms. The quantitative estimate of drug-likeness (QED) is 0.0372. The lowest BCUT2D eigenvalue weighted by Gasteiger charge is -2.39. The number of aromatic amines is 1. The van der Waals surface area contributed by atoms with Gasteiger partial charge in [-0.05, 0) is 98.5 Å². The molecule has 1 unspecified atom stereocenters. The lowest BCUT2D eigenvalue weighted by molar-refractivity contribution is -0.142. The largest absolute Gasteiger partial charge is 0.486 e. The number of halogens is 4. The van der Waals surface area contributed by atoms with E-state index in [-0.39, 0.29) is 101 Å². The van der Waals surface area contributed by atoms with Crippen LogP contribution < -0.4 is 21.7 Å². The van der Waals surface area contributed by atoms with Gasteiger partial charge >= 0.3 is 12.2 Å². The Morgan fingerprint density at radius 2 is 1.83 bits per heavy atom. The highest BCUT2D eigenvalue weighted by Gasteiger charge is 2.50. The number of nitrogens with one attached hydrogen (secondary N) is 4. The first kappa shape index (κ1) is 57.3. The Morgan fingerprint density at radius 3 is 2.49 bits per heavy atom. The molecule has 7 atom stereocenters. The van der Waals surface area contributed by atoms with Gasteiger partial charge in [0.05, 0.1) is 48.3 Å². The number of aliphatic hydroxyl groups excluding tert-OH is 1. The summed E-state index contributed by atoms with van der Waals surface area (Å²) in [6, 6.07) is 13.5. The molecule has 7 N–H and O–H groups in total. The number of alkyl halides is 3. The molecule has 1 aliphatic carbocycles. The van der Waals surface area contributed by atoms with E-state index in [1.54, 1.807) is 41.4 Å². The summed E-state index contributed by atoms with van der Waals surface area (Å²) in [5.74, 6) is -2.46. The second-order valence-electron chi connectivity index (χ2n) is 21.9. The second-order valence-corrected chi connectivity index (χ2v) is 21.9. The van der Waals surface area contributed by atoms with Crippen molar-refractivity contribution in [2.45, 2.75) is 109 Å². The van der Waals surface area contributed by atoms with Crippen LogP contribution in [0.2, 0.25) is 0 Å². The van der Waals surface area contributed by atoms with Crippen LogP contribution in [0.4, 0.5) is 17.6 Å². The lowest BCUT2D eigenvalue weighted by atomic mass is 9.79. The van der Waals surface area contributed by atoms with Crippen LogP contribution in [0.1, 0.15) is 93.3 Å². The van der Waals surface area contributed by atoms with Gasteiger partial charge in [-0.2, -0.15) is 28.3 Å². The minimum atomic E-state index is -4.89. The van der Waals surface area contributed by atoms with E-state index >= 15 is 17.6 Å². The van der Waals surface area contributed by atoms with Crippen LogP contribution in [0.15, 0.2) is 112 Å².